The lowest BCUT2D eigenvalue weighted by atomic mass is 10.0. The second kappa shape index (κ2) is 7.67. The van der Waals surface area contributed by atoms with Crippen molar-refractivity contribution in [1.82, 2.24) is 10.2 Å². The van der Waals surface area contributed by atoms with Gasteiger partial charge in [-0.1, -0.05) is 22.0 Å². The Morgan fingerprint density at radius 1 is 1.32 bits per heavy atom. The maximum absolute atomic E-state index is 12.5. The Kier molecular flexibility index (Phi) is 5.74. The fourth-order valence-electron chi connectivity index (χ4n) is 3.85. The maximum atomic E-state index is 12.5. The third-order valence-corrected chi connectivity index (χ3v) is 5.53. The summed E-state index contributed by atoms with van der Waals surface area (Å²) >= 11 is 3.56. The third kappa shape index (κ3) is 4.76. The number of benzene rings is 1. The summed E-state index contributed by atoms with van der Waals surface area (Å²) in [7, 11) is 0. The molecule has 2 unspecified atom stereocenters. The summed E-state index contributed by atoms with van der Waals surface area (Å²) in [6.07, 6.45) is 5.37. The van der Waals surface area contributed by atoms with Crippen LogP contribution in [0.2, 0.25) is 0 Å². The number of carbonyl (C=O) groups is 1. The van der Waals surface area contributed by atoms with Crippen molar-refractivity contribution in [3.8, 4) is 0 Å². The van der Waals surface area contributed by atoms with Crippen LogP contribution in [0.3, 0.4) is 0 Å². The van der Waals surface area contributed by atoms with Crippen molar-refractivity contribution in [3.05, 3.63) is 33.8 Å². The highest BCUT2D eigenvalue weighted by Gasteiger charge is 2.31. The third-order valence-electron chi connectivity index (χ3n) is 5.04. The second-order valence-electron chi connectivity index (χ2n) is 8.17. The van der Waals surface area contributed by atoms with E-state index < -0.39 is 5.60 Å². The molecule has 5 heteroatoms. The quantitative estimate of drug-likeness (QED) is 0.779. The van der Waals surface area contributed by atoms with Gasteiger partial charge in [0.25, 0.3) is 0 Å². The normalized spacial score (nSPS) is 23.4. The number of carbonyl (C=O) groups excluding carboxylic acids is 1. The molecule has 2 aliphatic rings. The topological polar surface area (TPSA) is 41.6 Å². The molecule has 1 heterocycles. The first-order chi connectivity index (χ1) is 11.8. The van der Waals surface area contributed by atoms with Crippen LogP contribution in [0.1, 0.15) is 63.6 Å². The summed E-state index contributed by atoms with van der Waals surface area (Å²) in [5, 5.41) is 3.71. The summed E-state index contributed by atoms with van der Waals surface area (Å²) in [6, 6.07) is 7.18. The predicted octanol–water partition coefficient (Wildman–Crippen LogP) is 4.82. The molecule has 0 aromatic heterocycles. The molecule has 1 saturated heterocycles. The Hall–Kier alpha value is -1.07. The molecule has 2 atom stereocenters. The molecule has 0 bridgehead atoms. The predicted molar refractivity (Wildman–Crippen MR) is 104 cm³/mol. The van der Waals surface area contributed by atoms with Gasteiger partial charge in [-0.2, -0.15) is 0 Å². The number of piperidine rings is 1. The number of fused-ring (bicyclic) bond motifs is 1. The number of likely N-dealkylation sites (tertiary alicyclic amines) is 1. The zero-order valence-electron chi connectivity index (χ0n) is 15.5. The molecule has 1 aliphatic heterocycles. The van der Waals surface area contributed by atoms with Crippen LogP contribution in [0.15, 0.2) is 22.7 Å². The number of halogens is 1. The summed E-state index contributed by atoms with van der Waals surface area (Å²) in [6.45, 7) is 7.41. The van der Waals surface area contributed by atoms with Gasteiger partial charge in [0.15, 0.2) is 0 Å². The van der Waals surface area contributed by atoms with Gasteiger partial charge in [0.1, 0.15) is 5.60 Å². The molecule has 0 saturated carbocycles. The van der Waals surface area contributed by atoms with E-state index in [0.29, 0.717) is 6.04 Å². The zero-order chi connectivity index (χ0) is 18.0. The van der Waals surface area contributed by atoms with Crippen molar-refractivity contribution in [2.24, 2.45) is 0 Å². The van der Waals surface area contributed by atoms with Crippen molar-refractivity contribution >= 4 is 22.0 Å². The van der Waals surface area contributed by atoms with Crippen LogP contribution in [-0.2, 0) is 11.2 Å². The van der Waals surface area contributed by atoms with E-state index >= 15 is 0 Å². The first kappa shape index (κ1) is 18.7. The minimum Gasteiger partial charge on any atom is -0.444 e. The standard InChI is InChI=1S/C20H29BrN2O2/c1-20(2,3)25-19(24)23-11-5-4-6-16(23)13-22-18-10-7-14-12-15(21)8-9-17(14)18/h8-9,12,16,18,22H,4-7,10-11,13H2,1-3H3. The smallest absolute Gasteiger partial charge is 0.410 e. The lowest BCUT2D eigenvalue weighted by molar-refractivity contribution is 0.00966. The van der Waals surface area contributed by atoms with E-state index in [1.165, 1.54) is 17.5 Å². The number of hydrogen-bond donors (Lipinski definition) is 1. The fourth-order valence-corrected chi connectivity index (χ4v) is 4.26. The molecule has 1 N–H and O–H groups in total. The number of ether oxygens (including phenoxy) is 1. The van der Waals surface area contributed by atoms with E-state index in [9.17, 15) is 4.79 Å². The van der Waals surface area contributed by atoms with E-state index in [4.69, 9.17) is 4.74 Å². The SMILES string of the molecule is CC(C)(C)OC(=O)N1CCCCC1CNC1CCc2cc(Br)ccc21. The Bertz CT molecular complexity index is 627. The van der Waals surface area contributed by atoms with Crippen LogP contribution in [0.5, 0.6) is 0 Å². The minimum absolute atomic E-state index is 0.172. The van der Waals surface area contributed by atoms with Gasteiger partial charge in [0.2, 0.25) is 0 Å². The van der Waals surface area contributed by atoms with Gasteiger partial charge in [0.05, 0.1) is 0 Å². The van der Waals surface area contributed by atoms with E-state index in [2.05, 4.69) is 39.4 Å². The van der Waals surface area contributed by atoms with Crippen LogP contribution in [-0.4, -0.2) is 35.7 Å². The van der Waals surface area contributed by atoms with Gasteiger partial charge in [0, 0.05) is 29.6 Å². The van der Waals surface area contributed by atoms with Crippen LogP contribution in [0, 0.1) is 0 Å². The van der Waals surface area contributed by atoms with Crippen molar-refractivity contribution in [2.75, 3.05) is 13.1 Å². The van der Waals surface area contributed by atoms with Crippen molar-refractivity contribution < 1.29 is 9.53 Å². The molecular weight excluding hydrogens is 380 g/mol. The molecule has 3 rings (SSSR count). The number of aryl methyl sites for hydroxylation is 1. The Morgan fingerprint density at radius 2 is 2.12 bits per heavy atom. The fraction of sp³-hybridized carbons (Fsp3) is 0.650. The van der Waals surface area contributed by atoms with Gasteiger partial charge in [-0.25, -0.2) is 4.79 Å². The van der Waals surface area contributed by atoms with Crippen molar-refractivity contribution in [3.63, 3.8) is 0 Å². The number of nitrogens with one attached hydrogen (secondary N) is 1. The molecule has 1 aromatic carbocycles. The average Bonchev–Trinajstić information content (AvgIpc) is 2.93. The molecule has 4 nitrogen and oxygen atoms in total. The summed E-state index contributed by atoms with van der Waals surface area (Å²) in [5.74, 6) is 0. The molecule has 0 radical (unpaired) electrons. The van der Waals surface area contributed by atoms with E-state index in [-0.39, 0.29) is 12.1 Å². The monoisotopic (exact) mass is 408 g/mol. The van der Waals surface area contributed by atoms with Crippen LogP contribution in [0.4, 0.5) is 4.79 Å². The average molecular weight is 409 g/mol. The van der Waals surface area contributed by atoms with Crippen LogP contribution in [0.25, 0.3) is 0 Å². The molecule has 25 heavy (non-hydrogen) atoms. The lowest BCUT2D eigenvalue weighted by Gasteiger charge is -2.37. The first-order valence-corrected chi connectivity index (χ1v) is 10.1. The molecule has 1 aromatic rings. The summed E-state index contributed by atoms with van der Waals surface area (Å²) < 4.78 is 6.75. The van der Waals surface area contributed by atoms with E-state index in [1.807, 2.05) is 25.7 Å². The minimum atomic E-state index is -0.440. The Balaban J connectivity index is 1.61. The molecule has 1 fully saturated rings. The van der Waals surface area contributed by atoms with Gasteiger partial charge in [-0.3, -0.25) is 0 Å². The van der Waals surface area contributed by atoms with E-state index in [0.717, 1.165) is 43.2 Å². The van der Waals surface area contributed by atoms with Crippen LogP contribution < -0.4 is 5.32 Å². The van der Waals surface area contributed by atoms with Crippen LogP contribution >= 0.6 is 15.9 Å². The highest BCUT2D eigenvalue weighted by Crippen LogP contribution is 2.33. The largest absolute Gasteiger partial charge is 0.444 e. The van der Waals surface area contributed by atoms with E-state index in [1.54, 1.807) is 0 Å². The van der Waals surface area contributed by atoms with Crippen molar-refractivity contribution in [2.45, 2.75) is 70.6 Å². The Morgan fingerprint density at radius 3 is 2.88 bits per heavy atom. The van der Waals surface area contributed by atoms with Gasteiger partial charge in [-0.15, -0.1) is 0 Å². The van der Waals surface area contributed by atoms with Gasteiger partial charge < -0.3 is 15.0 Å². The second-order valence-corrected chi connectivity index (χ2v) is 9.08. The molecule has 1 amide bonds. The summed E-state index contributed by atoms with van der Waals surface area (Å²) in [5.41, 5.74) is 2.40. The number of nitrogens with zero attached hydrogens (tertiary/aromatic N) is 1. The number of hydrogen-bond acceptors (Lipinski definition) is 3. The number of amides is 1. The molecule has 1 aliphatic carbocycles. The highest BCUT2D eigenvalue weighted by molar-refractivity contribution is 9.10. The summed E-state index contributed by atoms with van der Waals surface area (Å²) in [4.78, 5) is 14.5. The van der Waals surface area contributed by atoms with Gasteiger partial charge in [-0.05, 0) is 76.1 Å². The van der Waals surface area contributed by atoms with Gasteiger partial charge >= 0.3 is 6.09 Å². The molecular formula is C20H29BrN2O2. The van der Waals surface area contributed by atoms with Crippen molar-refractivity contribution in [1.29, 1.82) is 0 Å². The Labute approximate surface area is 159 Å². The molecule has 138 valence electrons. The maximum Gasteiger partial charge on any atom is 0.410 e. The number of rotatable bonds is 3. The lowest BCUT2D eigenvalue weighted by Crippen LogP contribution is -2.50. The first-order valence-electron chi connectivity index (χ1n) is 9.35. The zero-order valence-corrected chi connectivity index (χ0v) is 17.1. The molecule has 0 spiro atoms. The highest BCUT2D eigenvalue weighted by atomic mass is 79.9.